The molecule has 3 aromatic rings. The van der Waals surface area contributed by atoms with Crippen LogP contribution in [0.25, 0.3) is 0 Å². The van der Waals surface area contributed by atoms with Crippen molar-refractivity contribution >= 4 is 40.9 Å². The highest BCUT2D eigenvalue weighted by atomic mass is 35.5. The van der Waals surface area contributed by atoms with Gasteiger partial charge in [0.2, 0.25) is 5.91 Å². The zero-order chi connectivity index (χ0) is 23.1. The third-order valence-electron chi connectivity index (χ3n) is 4.65. The second kappa shape index (κ2) is 11.1. The zero-order valence-corrected chi connectivity index (χ0v) is 18.9. The number of para-hydroxylation sites is 1. The monoisotopic (exact) mass is 474 g/mol. The SMILES string of the molecule is CCN(CC(=O)Nc1c(F)cccc1F)C(=O)c1ccc(CSc2ccc(Cl)cc2)cc1. The topological polar surface area (TPSA) is 49.4 Å². The Balaban J connectivity index is 1.59. The molecule has 0 spiro atoms. The lowest BCUT2D eigenvalue weighted by Gasteiger charge is -2.20. The minimum Gasteiger partial charge on any atom is -0.330 e. The Labute approximate surface area is 194 Å². The number of anilines is 1. The van der Waals surface area contributed by atoms with Crippen molar-refractivity contribution in [2.45, 2.75) is 17.6 Å². The molecule has 0 saturated heterocycles. The summed E-state index contributed by atoms with van der Waals surface area (Å²) in [5.41, 5.74) is 0.942. The maximum Gasteiger partial charge on any atom is 0.254 e. The second-order valence-corrected chi connectivity index (χ2v) is 8.39. The van der Waals surface area contributed by atoms with Crippen LogP contribution in [0.15, 0.2) is 71.6 Å². The van der Waals surface area contributed by atoms with Crippen LogP contribution in [0.2, 0.25) is 5.02 Å². The van der Waals surface area contributed by atoms with Crippen LogP contribution in [-0.2, 0) is 10.5 Å². The van der Waals surface area contributed by atoms with Gasteiger partial charge in [-0.1, -0.05) is 29.8 Å². The Bertz CT molecular complexity index is 1070. The van der Waals surface area contributed by atoms with Crippen molar-refractivity contribution in [1.29, 1.82) is 0 Å². The molecule has 0 radical (unpaired) electrons. The molecule has 0 unspecified atom stereocenters. The number of rotatable bonds is 8. The first-order valence-corrected chi connectivity index (χ1v) is 11.2. The van der Waals surface area contributed by atoms with Gasteiger partial charge in [0.05, 0.1) is 0 Å². The molecule has 0 fully saturated rings. The van der Waals surface area contributed by atoms with Gasteiger partial charge in [-0.3, -0.25) is 9.59 Å². The number of nitrogens with zero attached hydrogens (tertiary/aromatic N) is 1. The van der Waals surface area contributed by atoms with Gasteiger partial charge < -0.3 is 10.2 Å². The van der Waals surface area contributed by atoms with Gasteiger partial charge in [0, 0.05) is 27.8 Å². The normalized spacial score (nSPS) is 10.6. The molecule has 2 amide bonds. The average Bonchev–Trinajstić information content (AvgIpc) is 2.79. The molecule has 0 aromatic heterocycles. The summed E-state index contributed by atoms with van der Waals surface area (Å²) < 4.78 is 27.5. The van der Waals surface area contributed by atoms with Gasteiger partial charge in [0.25, 0.3) is 5.91 Å². The molecule has 3 rings (SSSR count). The second-order valence-electron chi connectivity index (χ2n) is 6.90. The number of carbonyl (C=O) groups is 2. The van der Waals surface area contributed by atoms with Crippen molar-refractivity contribution in [2.75, 3.05) is 18.4 Å². The molecule has 0 aliphatic carbocycles. The first-order valence-electron chi connectivity index (χ1n) is 9.88. The van der Waals surface area contributed by atoms with Gasteiger partial charge in [-0.2, -0.15) is 0 Å². The van der Waals surface area contributed by atoms with Crippen molar-refractivity contribution in [3.8, 4) is 0 Å². The Morgan fingerprint density at radius 3 is 2.19 bits per heavy atom. The molecule has 8 heteroatoms. The standard InChI is InChI=1S/C24H21ClF2N2O2S/c1-2-29(14-22(30)28-23-20(26)4-3-5-21(23)27)24(31)17-8-6-16(7-9-17)15-32-19-12-10-18(25)11-13-19/h3-13H,2,14-15H2,1H3,(H,28,30). The Morgan fingerprint density at radius 1 is 0.969 bits per heavy atom. The van der Waals surface area contributed by atoms with Crippen molar-refractivity contribution in [3.63, 3.8) is 0 Å². The van der Waals surface area contributed by atoms with E-state index in [4.69, 9.17) is 11.6 Å². The van der Waals surface area contributed by atoms with Crippen LogP contribution in [0.1, 0.15) is 22.8 Å². The molecule has 0 aliphatic rings. The van der Waals surface area contributed by atoms with E-state index in [9.17, 15) is 18.4 Å². The number of halogens is 3. The van der Waals surface area contributed by atoms with Crippen LogP contribution >= 0.6 is 23.4 Å². The molecule has 32 heavy (non-hydrogen) atoms. The highest BCUT2D eigenvalue weighted by molar-refractivity contribution is 7.98. The fourth-order valence-electron chi connectivity index (χ4n) is 2.92. The van der Waals surface area contributed by atoms with Crippen LogP contribution in [0.5, 0.6) is 0 Å². The van der Waals surface area contributed by atoms with Crippen LogP contribution in [0.4, 0.5) is 14.5 Å². The highest BCUT2D eigenvalue weighted by Gasteiger charge is 2.19. The lowest BCUT2D eigenvalue weighted by atomic mass is 10.1. The van der Waals surface area contributed by atoms with E-state index in [2.05, 4.69) is 5.32 Å². The highest BCUT2D eigenvalue weighted by Crippen LogP contribution is 2.24. The van der Waals surface area contributed by atoms with Crippen molar-refractivity contribution < 1.29 is 18.4 Å². The molecule has 0 saturated carbocycles. The average molecular weight is 475 g/mol. The Morgan fingerprint density at radius 2 is 1.59 bits per heavy atom. The number of amides is 2. The van der Waals surface area contributed by atoms with E-state index in [0.717, 1.165) is 28.3 Å². The fraction of sp³-hybridized carbons (Fsp3) is 0.167. The molecule has 0 bridgehead atoms. The number of nitrogens with one attached hydrogen (secondary N) is 1. The van der Waals surface area contributed by atoms with Crippen LogP contribution < -0.4 is 5.32 Å². The van der Waals surface area contributed by atoms with Crippen molar-refractivity contribution in [1.82, 2.24) is 4.90 Å². The summed E-state index contributed by atoms with van der Waals surface area (Å²) in [5, 5.41) is 2.89. The number of hydrogen-bond acceptors (Lipinski definition) is 3. The molecule has 166 valence electrons. The minimum absolute atomic E-state index is 0.264. The van der Waals surface area contributed by atoms with Gasteiger partial charge in [-0.25, -0.2) is 8.78 Å². The summed E-state index contributed by atoms with van der Waals surface area (Å²) in [6.07, 6.45) is 0. The maximum absolute atomic E-state index is 13.7. The van der Waals surface area contributed by atoms with Gasteiger partial charge in [-0.05, 0) is 61.0 Å². The van der Waals surface area contributed by atoms with Crippen molar-refractivity contribution in [3.05, 3.63) is 94.5 Å². The summed E-state index contributed by atoms with van der Waals surface area (Å²) in [7, 11) is 0. The van der Waals surface area contributed by atoms with E-state index in [1.807, 2.05) is 36.4 Å². The molecule has 0 aliphatic heterocycles. The molecule has 0 atom stereocenters. The lowest BCUT2D eigenvalue weighted by Crippen LogP contribution is -2.38. The third kappa shape index (κ3) is 6.31. The van der Waals surface area contributed by atoms with Crippen LogP contribution in [0.3, 0.4) is 0 Å². The fourth-order valence-corrected chi connectivity index (χ4v) is 3.90. The molecule has 4 nitrogen and oxygen atoms in total. The Hall–Kier alpha value is -2.90. The first kappa shape index (κ1) is 23.8. The number of likely N-dealkylation sites (N-methyl/N-ethyl adjacent to an activating group) is 1. The molecular formula is C24H21ClF2N2O2S. The van der Waals surface area contributed by atoms with Gasteiger partial charge in [-0.15, -0.1) is 11.8 Å². The van der Waals surface area contributed by atoms with E-state index in [0.29, 0.717) is 10.6 Å². The van der Waals surface area contributed by atoms with Crippen LogP contribution in [0, 0.1) is 11.6 Å². The first-order chi connectivity index (χ1) is 15.4. The molecule has 3 aromatic carbocycles. The van der Waals surface area contributed by atoms with Crippen LogP contribution in [-0.4, -0.2) is 29.8 Å². The van der Waals surface area contributed by atoms with E-state index in [1.165, 1.54) is 11.0 Å². The summed E-state index contributed by atoms with van der Waals surface area (Å²) in [4.78, 5) is 27.5. The van der Waals surface area contributed by atoms with E-state index < -0.39 is 23.2 Å². The maximum atomic E-state index is 13.7. The molecule has 0 heterocycles. The molecule has 1 N–H and O–H groups in total. The molecular weight excluding hydrogens is 454 g/mol. The number of benzene rings is 3. The minimum atomic E-state index is -0.875. The number of hydrogen-bond donors (Lipinski definition) is 1. The summed E-state index contributed by atoms with van der Waals surface area (Å²) in [5.74, 6) is -2.04. The summed E-state index contributed by atoms with van der Waals surface area (Å²) >= 11 is 7.55. The van der Waals surface area contributed by atoms with Gasteiger partial charge in [0.15, 0.2) is 0 Å². The van der Waals surface area contributed by atoms with E-state index >= 15 is 0 Å². The predicted octanol–water partition coefficient (Wildman–Crippen LogP) is 6.01. The summed E-state index contributed by atoms with van der Waals surface area (Å²) in [6.45, 7) is 1.67. The number of carbonyl (C=O) groups excluding carboxylic acids is 2. The van der Waals surface area contributed by atoms with Gasteiger partial charge in [0.1, 0.15) is 23.9 Å². The van der Waals surface area contributed by atoms with Crippen molar-refractivity contribution in [2.24, 2.45) is 0 Å². The predicted molar refractivity (Wildman–Crippen MR) is 124 cm³/mol. The Kier molecular flexibility index (Phi) is 8.25. The van der Waals surface area contributed by atoms with E-state index in [-0.39, 0.29) is 19.0 Å². The zero-order valence-electron chi connectivity index (χ0n) is 17.3. The van der Waals surface area contributed by atoms with Gasteiger partial charge >= 0.3 is 0 Å². The van der Waals surface area contributed by atoms with E-state index in [1.54, 1.807) is 30.8 Å². The summed E-state index contributed by atoms with van der Waals surface area (Å²) in [6, 6.07) is 18.0. The number of thioether (sulfide) groups is 1. The quantitative estimate of drug-likeness (QED) is 0.407. The third-order valence-corrected chi connectivity index (χ3v) is 5.99. The largest absolute Gasteiger partial charge is 0.330 e. The lowest BCUT2D eigenvalue weighted by molar-refractivity contribution is -0.116. The smallest absolute Gasteiger partial charge is 0.254 e.